The largest absolute Gasteiger partial charge is 0.481 e. The number of piperidine rings is 1. The molecule has 0 aliphatic carbocycles. The second kappa shape index (κ2) is 5.18. The number of carboxylic acids is 1. The molecule has 19 heavy (non-hydrogen) atoms. The Morgan fingerprint density at radius 2 is 1.74 bits per heavy atom. The Bertz CT molecular complexity index is 560. The third kappa shape index (κ3) is 3.24. The number of primary sulfonamides is 1. The van der Waals surface area contributed by atoms with Crippen LogP contribution in [-0.4, -0.2) is 32.6 Å². The lowest BCUT2D eigenvalue weighted by Crippen LogP contribution is -2.36. The van der Waals surface area contributed by atoms with Crippen molar-refractivity contribution in [1.82, 2.24) is 0 Å². The summed E-state index contributed by atoms with van der Waals surface area (Å²) >= 11 is 0. The van der Waals surface area contributed by atoms with Crippen molar-refractivity contribution in [2.45, 2.75) is 17.7 Å². The molecule has 1 heterocycles. The van der Waals surface area contributed by atoms with Crippen molar-refractivity contribution in [2.75, 3.05) is 18.0 Å². The van der Waals surface area contributed by atoms with Gasteiger partial charge in [-0.05, 0) is 37.1 Å². The molecule has 0 spiro atoms. The predicted octanol–water partition coefficient (Wildman–Crippen LogP) is 0.635. The van der Waals surface area contributed by atoms with Crippen LogP contribution in [0.2, 0.25) is 0 Å². The molecule has 0 aromatic heterocycles. The Labute approximate surface area is 111 Å². The average molecular weight is 284 g/mol. The summed E-state index contributed by atoms with van der Waals surface area (Å²) in [5.41, 5.74) is 0.885. The zero-order chi connectivity index (χ0) is 14.0. The van der Waals surface area contributed by atoms with E-state index < -0.39 is 16.0 Å². The second-order valence-electron chi connectivity index (χ2n) is 4.64. The van der Waals surface area contributed by atoms with Crippen LogP contribution in [0, 0.1) is 5.92 Å². The van der Waals surface area contributed by atoms with Crippen LogP contribution in [0.15, 0.2) is 29.2 Å². The summed E-state index contributed by atoms with van der Waals surface area (Å²) in [6.07, 6.45) is 1.21. The van der Waals surface area contributed by atoms with Gasteiger partial charge in [-0.15, -0.1) is 0 Å². The van der Waals surface area contributed by atoms with E-state index in [1.165, 1.54) is 12.1 Å². The van der Waals surface area contributed by atoms with Gasteiger partial charge in [-0.2, -0.15) is 0 Å². The number of nitrogens with zero attached hydrogens (tertiary/aromatic N) is 1. The van der Waals surface area contributed by atoms with Crippen molar-refractivity contribution < 1.29 is 18.3 Å². The summed E-state index contributed by atoms with van der Waals surface area (Å²) in [6.45, 7) is 1.32. The SMILES string of the molecule is NS(=O)(=O)c1ccc(N2CCC(C(=O)O)CC2)cc1. The molecule has 7 heteroatoms. The first-order chi connectivity index (χ1) is 8.88. The average Bonchev–Trinajstić information content (AvgIpc) is 2.38. The second-order valence-corrected chi connectivity index (χ2v) is 6.20. The van der Waals surface area contributed by atoms with Gasteiger partial charge in [0.2, 0.25) is 10.0 Å². The number of aliphatic carboxylic acids is 1. The molecule has 1 aliphatic rings. The van der Waals surface area contributed by atoms with Crippen molar-refractivity contribution in [2.24, 2.45) is 11.1 Å². The van der Waals surface area contributed by atoms with E-state index in [1.54, 1.807) is 12.1 Å². The Balaban J connectivity index is 2.06. The maximum absolute atomic E-state index is 11.1. The smallest absolute Gasteiger partial charge is 0.306 e. The molecule has 1 fully saturated rings. The summed E-state index contributed by atoms with van der Waals surface area (Å²) in [6, 6.07) is 6.32. The van der Waals surface area contributed by atoms with Crippen molar-refractivity contribution in [1.29, 1.82) is 0 Å². The number of carbonyl (C=O) groups is 1. The summed E-state index contributed by atoms with van der Waals surface area (Å²) in [5.74, 6) is -1.02. The molecule has 1 aliphatic heterocycles. The standard InChI is InChI=1S/C12H16N2O4S/c13-19(17,18)11-3-1-10(2-4-11)14-7-5-9(6-8-14)12(15)16/h1-4,9H,5-8H2,(H,15,16)(H2,13,17,18). The summed E-state index contributed by atoms with van der Waals surface area (Å²) < 4.78 is 22.3. The van der Waals surface area contributed by atoms with Crippen LogP contribution in [0.1, 0.15) is 12.8 Å². The summed E-state index contributed by atoms with van der Waals surface area (Å²) in [5, 5.41) is 14.0. The highest BCUT2D eigenvalue weighted by molar-refractivity contribution is 7.89. The minimum absolute atomic E-state index is 0.0803. The van der Waals surface area contributed by atoms with Gasteiger partial charge in [0.05, 0.1) is 10.8 Å². The summed E-state index contributed by atoms with van der Waals surface area (Å²) in [4.78, 5) is 13.0. The molecule has 6 nitrogen and oxygen atoms in total. The highest BCUT2D eigenvalue weighted by Crippen LogP contribution is 2.24. The first-order valence-corrected chi connectivity index (χ1v) is 7.53. The van der Waals surface area contributed by atoms with Crippen molar-refractivity contribution in [3.05, 3.63) is 24.3 Å². The van der Waals surface area contributed by atoms with E-state index in [0.717, 1.165) is 5.69 Å². The van der Waals surface area contributed by atoms with Gasteiger partial charge in [0.1, 0.15) is 0 Å². The molecule has 3 N–H and O–H groups in total. The van der Waals surface area contributed by atoms with E-state index in [2.05, 4.69) is 0 Å². The topological polar surface area (TPSA) is 101 Å². The van der Waals surface area contributed by atoms with Crippen LogP contribution < -0.4 is 10.0 Å². The number of hydrogen-bond donors (Lipinski definition) is 2. The highest BCUT2D eigenvalue weighted by atomic mass is 32.2. The maximum atomic E-state index is 11.1. The van der Waals surface area contributed by atoms with E-state index in [1.807, 2.05) is 4.90 Å². The van der Waals surface area contributed by atoms with Gasteiger partial charge >= 0.3 is 5.97 Å². The number of hydrogen-bond acceptors (Lipinski definition) is 4. The molecule has 0 amide bonds. The lowest BCUT2D eigenvalue weighted by molar-refractivity contribution is -0.142. The van der Waals surface area contributed by atoms with E-state index in [9.17, 15) is 13.2 Å². The minimum atomic E-state index is -3.67. The van der Waals surface area contributed by atoms with Crippen LogP contribution in [0.25, 0.3) is 0 Å². The van der Waals surface area contributed by atoms with Crippen LogP contribution in [0.4, 0.5) is 5.69 Å². The van der Waals surface area contributed by atoms with Crippen molar-refractivity contribution in [3.63, 3.8) is 0 Å². The first-order valence-electron chi connectivity index (χ1n) is 5.98. The van der Waals surface area contributed by atoms with Crippen molar-refractivity contribution in [3.8, 4) is 0 Å². The number of nitrogens with two attached hydrogens (primary N) is 1. The number of carboxylic acid groups (broad SMARTS) is 1. The van der Waals surface area contributed by atoms with Gasteiger partial charge in [0, 0.05) is 18.8 Å². The molecule has 1 aromatic rings. The van der Waals surface area contributed by atoms with Gasteiger partial charge in [0.25, 0.3) is 0 Å². The lowest BCUT2D eigenvalue weighted by Gasteiger charge is -2.31. The molecular weight excluding hydrogens is 268 g/mol. The zero-order valence-corrected chi connectivity index (χ0v) is 11.1. The molecule has 0 radical (unpaired) electrons. The minimum Gasteiger partial charge on any atom is -0.481 e. The van der Waals surface area contributed by atoms with Gasteiger partial charge in [0.15, 0.2) is 0 Å². The van der Waals surface area contributed by atoms with Crippen LogP contribution in [0.5, 0.6) is 0 Å². The molecule has 0 saturated carbocycles. The van der Waals surface area contributed by atoms with Crippen molar-refractivity contribution >= 4 is 21.7 Å². The Kier molecular flexibility index (Phi) is 3.77. The third-order valence-corrected chi connectivity index (χ3v) is 4.30. The molecule has 1 saturated heterocycles. The van der Waals surface area contributed by atoms with Gasteiger partial charge in [-0.1, -0.05) is 0 Å². The van der Waals surface area contributed by atoms with E-state index in [0.29, 0.717) is 25.9 Å². The fraction of sp³-hybridized carbons (Fsp3) is 0.417. The van der Waals surface area contributed by atoms with Crippen LogP contribution in [-0.2, 0) is 14.8 Å². The summed E-state index contributed by atoms with van der Waals surface area (Å²) in [7, 11) is -3.67. The Morgan fingerprint density at radius 1 is 1.21 bits per heavy atom. The molecule has 2 rings (SSSR count). The number of rotatable bonds is 3. The molecule has 104 valence electrons. The first kappa shape index (κ1) is 13.8. The van der Waals surface area contributed by atoms with Crippen LogP contribution >= 0.6 is 0 Å². The number of anilines is 1. The third-order valence-electron chi connectivity index (χ3n) is 3.37. The molecule has 0 atom stereocenters. The van der Waals surface area contributed by atoms with Gasteiger partial charge in [-0.3, -0.25) is 4.79 Å². The van der Waals surface area contributed by atoms with E-state index >= 15 is 0 Å². The quantitative estimate of drug-likeness (QED) is 0.848. The number of sulfonamides is 1. The fourth-order valence-corrected chi connectivity index (χ4v) is 2.75. The Morgan fingerprint density at radius 3 is 2.16 bits per heavy atom. The normalized spacial score (nSPS) is 17.4. The molecule has 1 aromatic carbocycles. The molecule has 0 unspecified atom stereocenters. The zero-order valence-electron chi connectivity index (χ0n) is 10.3. The fourth-order valence-electron chi connectivity index (χ4n) is 2.23. The monoisotopic (exact) mass is 284 g/mol. The maximum Gasteiger partial charge on any atom is 0.306 e. The number of benzene rings is 1. The molecular formula is C12H16N2O4S. The van der Waals surface area contributed by atoms with E-state index in [-0.39, 0.29) is 10.8 Å². The lowest BCUT2D eigenvalue weighted by atomic mass is 9.97. The highest BCUT2D eigenvalue weighted by Gasteiger charge is 2.24. The molecule has 0 bridgehead atoms. The van der Waals surface area contributed by atoms with Gasteiger partial charge < -0.3 is 10.0 Å². The predicted molar refractivity (Wildman–Crippen MR) is 70.4 cm³/mol. The Hall–Kier alpha value is -1.60. The van der Waals surface area contributed by atoms with Crippen LogP contribution in [0.3, 0.4) is 0 Å². The van der Waals surface area contributed by atoms with Gasteiger partial charge in [-0.25, -0.2) is 13.6 Å². The van der Waals surface area contributed by atoms with E-state index in [4.69, 9.17) is 10.2 Å².